The first-order valence-electron chi connectivity index (χ1n) is 5.88. The summed E-state index contributed by atoms with van der Waals surface area (Å²) in [6.07, 6.45) is 5.76. The van der Waals surface area contributed by atoms with Gasteiger partial charge in [-0.25, -0.2) is 0 Å². The van der Waals surface area contributed by atoms with Crippen LogP contribution in [0.1, 0.15) is 34.1 Å². The van der Waals surface area contributed by atoms with Crippen LogP contribution in [0.4, 0.5) is 0 Å². The molecule has 0 bridgehead atoms. The summed E-state index contributed by atoms with van der Waals surface area (Å²) in [5.41, 5.74) is -0.656. The Kier molecular flexibility index (Phi) is 3.82. The molecule has 1 saturated heterocycles. The molecule has 0 aromatic heterocycles. The number of rotatable bonds is 2. The van der Waals surface area contributed by atoms with Gasteiger partial charge in [-0.05, 0) is 19.8 Å². The van der Waals surface area contributed by atoms with Gasteiger partial charge in [0.05, 0.1) is 5.54 Å². The second-order valence-electron chi connectivity index (χ2n) is 5.23. The number of carbonyl (C=O) groups excluding carboxylic acids is 2. The van der Waals surface area contributed by atoms with Crippen molar-refractivity contribution in [3.8, 4) is 12.3 Å². The predicted octanol–water partition coefficient (Wildman–Crippen LogP) is 0.771. The molecular formula is C13H20N2O2. The van der Waals surface area contributed by atoms with E-state index in [1.54, 1.807) is 4.90 Å². The van der Waals surface area contributed by atoms with Crippen LogP contribution >= 0.6 is 0 Å². The molecule has 4 nitrogen and oxygen atoms in total. The van der Waals surface area contributed by atoms with Gasteiger partial charge in [-0.15, -0.1) is 6.42 Å². The SMILES string of the molecule is C#CC(C)(C)N1CCC(=O)NC(C(C)C)C1=O. The first kappa shape index (κ1) is 13.6. The van der Waals surface area contributed by atoms with E-state index >= 15 is 0 Å². The number of hydrogen-bond acceptors (Lipinski definition) is 2. The second kappa shape index (κ2) is 4.79. The third-order valence-electron chi connectivity index (χ3n) is 3.11. The van der Waals surface area contributed by atoms with Crippen molar-refractivity contribution < 1.29 is 9.59 Å². The monoisotopic (exact) mass is 236 g/mol. The van der Waals surface area contributed by atoms with Crippen molar-refractivity contribution in [2.75, 3.05) is 6.54 Å². The fourth-order valence-corrected chi connectivity index (χ4v) is 1.88. The average molecular weight is 236 g/mol. The minimum atomic E-state index is -0.656. The summed E-state index contributed by atoms with van der Waals surface area (Å²) >= 11 is 0. The zero-order valence-electron chi connectivity index (χ0n) is 10.9. The lowest BCUT2D eigenvalue weighted by molar-refractivity contribution is -0.137. The molecular weight excluding hydrogens is 216 g/mol. The van der Waals surface area contributed by atoms with Gasteiger partial charge in [-0.3, -0.25) is 9.59 Å². The van der Waals surface area contributed by atoms with Crippen LogP contribution in [0.2, 0.25) is 0 Å². The normalized spacial score (nSPS) is 22.1. The zero-order chi connectivity index (χ0) is 13.2. The third-order valence-corrected chi connectivity index (χ3v) is 3.11. The number of hydrogen-bond donors (Lipinski definition) is 1. The van der Waals surface area contributed by atoms with Crippen molar-refractivity contribution in [3.05, 3.63) is 0 Å². The summed E-state index contributed by atoms with van der Waals surface area (Å²) in [5.74, 6) is 2.49. The standard InChI is InChI=1S/C13H20N2O2/c1-6-13(4,5)15-8-7-10(16)14-11(9(2)3)12(15)17/h1,9,11H,7-8H2,2-5H3,(H,14,16). The van der Waals surface area contributed by atoms with Crippen LogP contribution in [0.5, 0.6) is 0 Å². The smallest absolute Gasteiger partial charge is 0.246 e. The van der Waals surface area contributed by atoms with Gasteiger partial charge in [0.1, 0.15) is 6.04 Å². The van der Waals surface area contributed by atoms with Crippen LogP contribution in [-0.4, -0.2) is 34.8 Å². The van der Waals surface area contributed by atoms with Gasteiger partial charge in [0.25, 0.3) is 0 Å². The van der Waals surface area contributed by atoms with Crippen LogP contribution in [0.25, 0.3) is 0 Å². The molecule has 1 fully saturated rings. The lowest BCUT2D eigenvalue weighted by Crippen LogP contribution is -2.54. The molecule has 4 heteroatoms. The maximum absolute atomic E-state index is 12.4. The van der Waals surface area contributed by atoms with E-state index in [0.717, 1.165) is 0 Å². The Labute approximate surface area is 103 Å². The maximum Gasteiger partial charge on any atom is 0.246 e. The van der Waals surface area contributed by atoms with Crippen LogP contribution in [0, 0.1) is 18.3 Å². The highest BCUT2D eigenvalue weighted by molar-refractivity contribution is 5.90. The Hall–Kier alpha value is -1.50. The van der Waals surface area contributed by atoms with Gasteiger partial charge in [0.2, 0.25) is 11.8 Å². The molecule has 0 spiro atoms. The van der Waals surface area contributed by atoms with Gasteiger partial charge in [-0.2, -0.15) is 0 Å². The molecule has 0 aromatic carbocycles. The van der Waals surface area contributed by atoms with Gasteiger partial charge in [0, 0.05) is 13.0 Å². The molecule has 1 aliphatic rings. The largest absolute Gasteiger partial charge is 0.344 e. The summed E-state index contributed by atoms with van der Waals surface area (Å²) < 4.78 is 0. The van der Waals surface area contributed by atoms with E-state index in [2.05, 4.69) is 11.2 Å². The van der Waals surface area contributed by atoms with E-state index in [-0.39, 0.29) is 17.7 Å². The summed E-state index contributed by atoms with van der Waals surface area (Å²) in [4.78, 5) is 25.5. The fraction of sp³-hybridized carbons (Fsp3) is 0.692. The topological polar surface area (TPSA) is 49.4 Å². The third kappa shape index (κ3) is 2.79. The van der Waals surface area contributed by atoms with E-state index in [0.29, 0.717) is 13.0 Å². The Bertz CT molecular complexity index is 366. The van der Waals surface area contributed by atoms with Gasteiger partial charge < -0.3 is 10.2 Å². The molecule has 2 amide bonds. The fourth-order valence-electron chi connectivity index (χ4n) is 1.88. The van der Waals surface area contributed by atoms with Gasteiger partial charge >= 0.3 is 0 Å². The molecule has 1 rings (SSSR count). The van der Waals surface area contributed by atoms with Crippen molar-refractivity contribution in [1.82, 2.24) is 10.2 Å². The number of nitrogens with zero attached hydrogens (tertiary/aromatic N) is 1. The summed E-state index contributed by atoms with van der Waals surface area (Å²) in [7, 11) is 0. The van der Waals surface area contributed by atoms with E-state index in [9.17, 15) is 9.59 Å². The van der Waals surface area contributed by atoms with Crippen molar-refractivity contribution >= 4 is 11.8 Å². The van der Waals surface area contributed by atoms with Crippen molar-refractivity contribution in [1.29, 1.82) is 0 Å². The van der Waals surface area contributed by atoms with Crippen LogP contribution in [0.15, 0.2) is 0 Å². The number of terminal acetylenes is 1. The molecule has 0 aliphatic carbocycles. The number of carbonyl (C=O) groups is 2. The highest BCUT2D eigenvalue weighted by Gasteiger charge is 2.38. The van der Waals surface area contributed by atoms with Crippen molar-refractivity contribution in [2.45, 2.75) is 45.7 Å². The van der Waals surface area contributed by atoms with E-state index in [1.165, 1.54) is 0 Å². The minimum Gasteiger partial charge on any atom is -0.344 e. The molecule has 1 atom stereocenters. The molecule has 0 radical (unpaired) electrons. The van der Waals surface area contributed by atoms with Gasteiger partial charge in [0.15, 0.2) is 0 Å². The molecule has 94 valence electrons. The predicted molar refractivity (Wildman–Crippen MR) is 66.0 cm³/mol. The Balaban J connectivity index is 3.04. The van der Waals surface area contributed by atoms with E-state index < -0.39 is 11.6 Å². The Morgan fingerprint density at radius 2 is 2.06 bits per heavy atom. The lowest BCUT2D eigenvalue weighted by Gasteiger charge is -2.35. The van der Waals surface area contributed by atoms with Crippen LogP contribution < -0.4 is 5.32 Å². The first-order valence-corrected chi connectivity index (χ1v) is 5.88. The molecule has 1 heterocycles. The Morgan fingerprint density at radius 1 is 1.47 bits per heavy atom. The lowest BCUT2D eigenvalue weighted by atomic mass is 9.98. The second-order valence-corrected chi connectivity index (χ2v) is 5.23. The Morgan fingerprint density at radius 3 is 2.53 bits per heavy atom. The van der Waals surface area contributed by atoms with Crippen LogP contribution in [0.3, 0.4) is 0 Å². The summed E-state index contributed by atoms with van der Waals surface area (Å²) in [6.45, 7) is 7.84. The highest BCUT2D eigenvalue weighted by atomic mass is 16.2. The molecule has 0 aromatic rings. The van der Waals surface area contributed by atoms with Crippen molar-refractivity contribution in [2.24, 2.45) is 5.92 Å². The molecule has 17 heavy (non-hydrogen) atoms. The highest BCUT2D eigenvalue weighted by Crippen LogP contribution is 2.19. The maximum atomic E-state index is 12.4. The molecule has 1 aliphatic heterocycles. The van der Waals surface area contributed by atoms with E-state index in [4.69, 9.17) is 6.42 Å². The number of amides is 2. The van der Waals surface area contributed by atoms with Crippen LogP contribution in [-0.2, 0) is 9.59 Å². The average Bonchev–Trinajstić information content (AvgIpc) is 2.39. The minimum absolute atomic E-state index is 0.0561. The van der Waals surface area contributed by atoms with Gasteiger partial charge in [-0.1, -0.05) is 19.8 Å². The first-order chi connectivity index (χ1) is 7.79. The zero-order valence-corrected chi connectivity index (χ0v) is 10.9. The van der Waals surface area contributed by atoms with Crippen molar-refractivity contribution in [3.63, 3.8) is 0 Å². The number of nitrogens with one attached hydrogen (secondary N) is 1. The molecule has 1 unspecified atom stereocenters. The van der Waals surface area contributed by atoms with E-state index in [1.807, 2.05) is 27.7 Å². The summed E-state index contributed by atoms with van der Waals surface area (Å²) in [5, 5.41) is 2.76. The molecule has 0 saturated carbocycles. The quantitative estimate of drug-likeness (QED) is 0.720. The summed E-state index contributed by atoms with van der Waals surface area (Å²) in [6, 6.07) is -0.474. The molecule has 1 N–H and O–H groups in total.